The Bertz CT molecular complexity index is 836. The Balaban J connectivity index is 1.80. The van der Waals surface area contributed by atoms with Crippen LogP contribution < -0.4 is 5.56 Å². The van der Waals surface area contributed by atoms with Gasteiger partial charge in [0.05, 0.1) is 11.5 Å². The zero-order chi connectivity index (χ0) is 18.2. The first-order valence-corrected chi connectivity index (χ1v) is 8.23. The van der Waals surface area contributed by atoms with Crippen LogP contribution in [0.5, 0.6) is 0 Å². The van der Waals surface area contributed by atoms with Gasteiger partial charge in [-0.3, -0.25) is 9.59 Å². The Morgan fingerprint density at radius 3 is 2.32 bits per heavy atom. The minimum atomic E-state index is -4.16. The number of benzene rings is 1. The zero-order valence-corrected chi connectivity index (χ0v) is 13.8. The van der Waals surface area contributed by atoms with Crippen molar-refractivity contribution in [3.63, 3.8) is 0 Å². The Morgan fingerprint density at radius 2 is 1.72 bits per heavy atom. The van der Waals surface area contributed by atoms with Crippen LogP contribution >= 0.6 is 0 Å². The van der Waals surface area contributed by atoms with E-state index >= 15 is 0 Å². The van der Waals surface area contributed by atoms with Crippen LogP contribution in [0, 0.1) is 5.92 Å². The molecule has 1 aliphatic carbocycles. The monoisotopic (exact) mass is 352 g/mol. The van der Waals surface area contributed by atoms with Crippen molar-refractivity contribution in [2.24, 2.45) is 5.92 Å². The summed E-state index contributed by atoms with van der Waals surface area (Å²) in [6.07, 6.45) is -2.05. The summed E-state index contributed by atoms with van der Waals surface area (Å²) in [5, 5.41) is 0.967. The van der Waals surface area contributed by atoms with E-state index in [9.17, 15) is 22.8 Å². The molecule has 4 nitrogen and oxygen atoms in total. The van der Waals surface area contributed by atoms with Gasteiger partial charge in [-0.1, -0.05) is 18.2 Å². The molecule has 1 N–H and O–H groups in total. The number of hydrogen-bond donors (Lipinski definition) is 1. The number of halogens is 3. The largest absolute Gasteiger partial charge is 0.391 e. The van der Waals surface area contributed by atoms with E-state index in [0.717, 1.165) is 0 Å². The van der Waals surface area contributed by atoms with Crippen molar-refractivity contribution in [3.05, 3.63) is 46.4 Å². The van der Waals surface area contributed by atoms with Crippen LogP contribution in [0.4, 0.5) is 13.2 Å². The van der Waals surface area contributed by atoms with Gasteiger partial charge in [0.2, 0.25) is 0 Å². The lowest BCUT2D eigenvalue weighted by Crippen LogP contribution is -2.41. The molecule has 7 heteroatoms. The summed E-state index contributed by atoms with van der Waals surface area (Å²) in [5.41, 5.74) is 0.0798. The van der Waals surface area contributed by atoms with Gasteiger partial charge in [-0.15, -0.1) is 0 Å². The van der Waals surface area contributed by atoms with Gasteiger partial charge in [0.25, 0.3) is 11.5 Å². The Kier molecular flexibility index (Phi) is 4.58. The number of amides is 1. The molecule has 0 bridgehead atoms. The third-order valence-corrected chi connectivity index (χ3v) is 5.07. The van der Waals surface area contributed by atoms with Gasteiger partial charge in [-0.25, -0.2) is 0 Å². The van der Waals surface area contributed by atoms with Crippen LogP contribution in [0.2, 0.25) is 0 Å². The molecule has 0 radical (unpaired) electrons. The van der Waals surface area contributed by atoms with Crippen LogP contribution in [0.3, 0.4) is 0 Å². The lowest BCUT2D eigenvalue weighted by atomic mass is 9.85. The number of pyridine rings is 1. The summed E-state index contributed by atoms with van der Waals surface area (Å²) in [5.74, 6) is -1.57. The molecule has 1 saturated carbocycles. The maximum absolute atomic E-state index is 12.8. The Labute approximate surface area is 142 Å². The average molecular weight is 352 g/mol. The van der Waals surface area contributed by atoms with Gasteiger partial charge in [-0.05, 0) is 31.7 Å². The van der Waals surface area contributed by atoms with Crippen molar-refractivity contribution in [3.8, 4) is 0 Å². The summed E-state index contributed by atoms with van der Waals surface area (Å²) >= 11 is 0. The molecule has 0 saturated heterocycles. The standard InChI is InChI=1S/C18H19F3N2O2/c1-23(12-8-6-11(7-9-12)18(19,20)21)17(25)15-10-22-16(24)14-5-3-2-4-13(14)15/h2-5,10-12H,6-9H2,1H3,(H,22,24). The van der Waals surface area contributed by atoms with Gasteiger partial charge < -0.3 is 9.88 Å². The Hall–Kier alpha value is -2.31. The summed E-state index contributed by atoms with van der Waals surface area (Å²) in [7, 11) is 1.61. The summed E-state index contributed by atoms with van der Waals surface area (Å²) in [6.45, 7) is 0. The maximum Gasteiger partial charge on any atom is 0.391 e. The maximum atomic E-state index is 12.8. The third kappa shape index (κ3) is 3.41. The molecule has 1 fully saturated rings. The van der Waals surface area contributed by atoms with Gasteiger partial charge in [-0.2, -0.15) is 13.2 Å². The molecule has 3 rings (SSSR count). The van der Waals surface area contributed by atoms with Crippen LogP contribution in [-0.2, 0) is 0 Å². The number of hydrogen-bond acceptors (Lipinski definition) is 2. The van der Waals surface area contributed by atoms with E-state index < -0.39 is 12.1 Å². The molecule has 2 aromatic rings. The predicted octanol–water partition coefficient (Wildman–Crippen LogP) is 3.72. The normalized spacial score (nSPS) is 21.3. The Morgan fingerprint density at radius 1 is 1.12 bits per heavy atom. The van der Waals surface area contributed by atoms with E-state index in [0.29, 0.717) is 29.2 Å². The van der Waals surface area contributed by atoms with Crippen LogP contribution in [0.15, 0.2) is 35.3 Å². The summed E-state index contributed by atoms with van der Waals surface area (Å²) < 4.78 is 38.4. The number of nitrogens with one attached hydrogen (secondary N) is 1. The molecule has 25 heavy (non-hydrogen) atoms. The van der Waals surface area contributed by atoms with Crippen molar-refractivity contribution in [2.45, 2.75) is 37.9 Å². The summed E-state index contributed by atoms with van der Waals surface area (Å²) in [6, 6.07) is 6.57. The van der Waals surface area contributed by atoms with E-state index in [1.807, 2.05) is 0 Å². The average Bonchev–Trinajstić information content (AvgIpc) is 2.60. The number of H-pyrrole nitrogens is 1. The second kappa shape index (κ2) is 6.54. The lowest BCUT2D eigenvalue weighted by molar-refractivity contribution is -0.183. The molecular weight excluding hydrogens is 333 g/mol. The smallest absolute Gasteiger partial charge is 0.339 e. The van der Waals surface area contributed by atoms with Gasteiger partial charge in [0.15, 0.2) is 0 Å². The van der Waals surface area contributed by atoms with Gasteiger partial charge >= 0.3 is 6.18 Å². The fourth-order valence-electron chi connectivity index (χ4n) is 3.53. The molecule has 0 unspecified atom stereocenters. The molecule has 1 aromatic carbocycles. The SMILES string of the molecule is CN(C(=O)c1c[nH]c(=O)c2ccccc12)C1CCC(C(F)(F)F)CC1. The number of aromatic amines is 1. The third-order valence-electron chi connectivity index (χ3n) is 5.07. The van der Waals surface area contributed by atoms with Crippen LogP contribution in [-0.4, -0.2) is 35.1 Å². The second-order valence-electron chi connectivity index (χ2n) is 6.54. The van der Waals surface area contributed by atoms with Gasteiger partial charge in [0, 0.05) is 30.1 Å². The number of carbonyl (C=O) groups is 1. The molecule has 1 amide bonds. The first kappa shape index (κ1) is 17.5. The highest BCUT2D eigenvalue weighted by molar-refractivity contribution is 6.06. The highest BCUT2D eigenvalue weighted by Crippen LogP contribution is 2.38. The quantitative estimate of drug-likeness (QED) is 0.896. The fraction of sp³-hybridized carbons (Fsp3) is 0.444. The van der Waals surface area contributed by atoms with Crippen LogP contribution in [0.1, 0.15) is 36.0 Å². The molecule has 0 atom stereocenters. The minimum absolute atomic E-state index is 0.0398. The van der Waals surface area contributed by atoms with E-state index in [2.05, 4.69) is 4.98 Å². The first-order chi connectivity index (χ1) is 11.8. The molecule has 0 spiro atoms. The number of rotatable bonds is 2. The highest BCUT2D eigenvalue weighted by atomic mass is 19.4. The number of alkyl halides is 3. The highest BCUT2D eigenvalue weighted by Gasteiger charge is 2.42. The second-order valence-corrected chi connectivity index (χ2v) is 6.54. The predicted molar refractivity (Wildman–Crippen MR) is 88.5 cm³/mol. The molecule has 0 aliphatic heterocycles. The number of nitrogens with zero attached hydrogens (tertiary/aromatic N) is 1. The number of carbonyl (C=O) groups excluding carboxylic acids is 1. The van der Waals surface area contributed by atoms with E-state index in [4.69, 9.17) is 0 Å². The van der Waals surface area contributed by atoms with Crippen molar-refractivity contribution in [1.82, 2.24) is 9.88 Å². The zero-order valence-electron chi connectivity index (χ0n) is 13.8. The van der Waals surface area contributed by atoms with Crippen molar-refractivity contribution in [1.29, 1.82) is 0 Å². The fourth-order valence-corrected chi connectivity index (χ4v) is 3.53. The number of fused-ring (bicyclic) bond motifs is 1. The van der Waals surface area contributed by atoms with E-state index in [1.54, 1.807) is 31.3 Å². The summed E-state index contributed by atoms with van der Waals surface area (Å²) in [4.78, 5) is 28.8. The molecule has 134 valence electrons. The van der Waals surface area contributed by atoms with Gasteiger partial charge in [0.1, 0.15) is 0 Å². The van der Waals surface area contributed by atoms with E-state index in [-0.39, 0.29) is 30.3 Å². The van der Waals surface area contributed by atoms with E-state index in [1.165, 1.54) is 11.1 Å². The molecule has 1 aromatic heterocycles. The molecule has 1 aliphatic rings. The van der Waals surface area contributed by atoms with Crippen molar-refractivity contribution >= 4 is 16.7 Å². The van der Waals surface area contributed by atoms with Crippen molar-refractivity contribution < 1.29 is 18.0 Å². The van der Waals surface area contributed by atoms with Crippen LogP contribution in [0.25, 0.3) is 10.8 Å². The van der Waals surface area contributed by atoms with Crippen molar-refractivity contribution in [2.75, 3.05) is 7.05 Å². The number of aromatic nitrogens is 1. The minimum Gasteiger partial charge on any atom is -0.339 e. The molecule has 1 heterocycles. The molecular formula is C18H19F3N2O2. The lowest BCUT2D eigenvalue weighted by Gasteiger charge is -2.35. The first-order valence-electron chi connectivity index (χ1n) is 8.23. The topological polar surface area (TPSA) is 53.2 Å².